The van der Waals surface area contributed by atoms with Gasteiger partial charge in [0.15, 0.2) is 0 Å². The van der Waals surface area contributed by atoms with Crippen LogP contribution in [0.5, 0.6) is 0 Å². The van der Waals surface area contributed by atoms with Crippen molar-refractivity contribution in [2.45, 2.75) is 168 Å². The zero-order valence-corrected chi connectivity index (χ0v) is 29.9. The Labute approximate surface area is 285 Å². The number of carbonyl (C=O) groups excluding carboxylic acids is 4. The summed E-state index contributed by atoms with van der Waals surface area (Å²) in [4.78, 5) is 60.4. The molecule has 0 aromatic heterocycles. The van der Waals surface area contributed by atoms with Crippen molar-refractivity contribution < 1.29 is 29.1 Å². The van der Waals surface area contributed by atoms with E-state index in [0.717, 1.165) is 25.7 Å². The number of carboxylic acid groups (broad SMARTS) is 1. The predicted molar refractivity (Wildman–Crippen MR) is 189 cm³/mol. The van der Waals surface area contributed by atoms with Gasteiger partial charge in [0.25, 0.3) is 0 Å². The van der Waals surface area contributed by atoms with Crippen molar-refractivity contribution in [2.75, 3.05) is 32.7 Å². The highest BCUT2D eigenvalue weighted by Crippen LogP contribution is 2.09. The Balaban J connectivity index is 4.27. The topological polar surface area (TPSA) is 166 Å². The van der Waals surface area contributed by atoms with Crippen LogP contribution in [0.1, 0.15) is 162 Å². The molecule has 0 aromatic carbocycles. The van der Waals surface area contributed by atoms with E-state index in [9.17, 15) is 24.0 Å². The number of carboxylic acids is 1. The smallest absolute Gasteiger partial charge is 0.303 e. The van der Waals surface area contributed by atoms with Gasteiger partial charge in [0, 0.05) is 51.9 Å². The van der Waals surface area contributed by atoms with Crippen LogP contribution in [-0.4, -0.2) is 73.5 Å². The molecule has 0 aliphatic carbocycles. The van der Waals surface area contributed by atoms with Crippen molar-refractivity contribution in [1.82, 2.24) is 26.6 Å². The van der Waals surface area contributed by atoms with E-state index in [2.05, 4.69) is 40.4 Å². The molecule has 0 aromatic rings. The highest BCUT2D eigenvalue weighted by Gasteiger charge is 2.19. The Bertz CT molecular complexity index is 826. The standard InChI is InChI=1S/C36H69N5O6/c1-3-5-7-9-11-13-15-18-27-38-33(43)24-29-40-32(42)23-22-31(37-26-20-17-21-35(45)46)36(47)41-30-25-34(44)39-28-19-16-14-12-10-8-6-4-2/h31,37H,3-30H2,1-2H3,(H,38,43)(H,39,44)(H,40,42)(H,41,47)(H,45,46). The molecule has 0 aliphatic rings. The zero-order chi connectivity index (χ0) is 34.8. The van der Waals surface area contributed by atoms with Gasteiger partial charge < -0.3 is 31.7 Å². The van der Waals surface area contributed by atoms with Crippen LogP contribution in [0.2, 0.25) is 0 Å². The summed E-state index contributed by atoms with van der Waals surface area (Å²) in [6, 6.07) is -0.652. The maximum atomic E-state index is 12.9. The molecule has 274 valence electrons. The number of unbranched alkanes of at least 4 members (excludes halogenated alkanes) is 15. The lowest BCUT2D eigenvalue weighted by Crippen LogP contribution is -2.46. The van der Waals surface area contributed by atoms with Crippen LogP contribution < -0.4 is 26.6 Å². The second-order valence-corrected chi connectivity index (χ2v) is 12.7. The fourth-order valence-corrected chi connectivity index (χ4v) is 5.26. The molecule has 0 fully saturated rings. The molecule has 47 heavy (non-hydrogen) atoms. The molecule has 0 saturated carbocycles. The average Bonchev–Trinajstić information content (AvgIpc) is 3.04. The first kappa shape index (κ1) is 44.3. The first-order chi connectivity index (χ1) is 22.8. The van der Waals surface area contributed by atoms with E-state index in [0.29, 0.717) is 32.5 Å². The van der Waals surface area contributed by atoms with E-state index in [-0.39, 0.29) is 68.8 Å². The van der Waals surface area contributed by atoms with Crippen LogP contribution in [-0.2, 0) is 24.0 Å². The quantitative estimate of drug-likeness (QED) is 0.0493. The van der Waals surface area contributed by atoms with Crippen molar-refractivity contribution in [1.29, 1.82) is 0 Å². The summed E-state index contributed by atoms with van der Waals surface area (Å²) < 4.78 is 0. The lowest BCUT2D eigenvalue weighted by atomic mass is 10.1. The van der Waals surface area contributed by atoms with Crippen molar-refractivity contribution in [2.24, 2.45) is 0 Å². The Hall–Kier alpha value is -2.69. The SMILES string of the molecule is CCCCCCCCCCNC(=O)CCNC(=O)CCC(NCCCCC(=O)O)C(=O)NCCC(=O)NCCCCCCCCCC. The highest BCUT2D eigenvalue weighted by atomic mass is 16.4. The summed E-state index contributed by atoms with van der Waals surface area (Å²) in [6.45, 7) is 6.57. The summed E-state index contributed by atoms with van der Waals surface area (Å²) in [5.41, 5.74) is 0. The van der Waals surface area contributed by atoms with Gasteiger partial charge in [-0.3, -0.25) is 24.0 Å². The molecule has 11 nitrogen and oxygen atoms in total. The van der Waals surface area contributed by atoms with Crippen molar-refractivity contribution in [3.8, 4) is 0 Å². The number of rotatable bonds is 34. The van der Waals surface area contributed by atoms with E-state index < -0.39 is 12.0 Å². The molecule has 0 saturated heterocycles. The molecule has 0 bridgehead atoms. The molecule has 0 heterocycles. The summed E-state index contributed by atoms with van der Waals surface area (Å²) in [5, 5.41) is 23.3. The maximum Gasteiger partial charge on any atom is 0.303 e. The fourth-order valence-electron chi connectivity index (χ4n) is 5.26. The monoisotopic (exact) mass is 668 g/mol. The molecule has 0 rings (SSSR count). The van der Waals surface area contributed by atoms with Gasteiger partial charge in [-0.15, -0.1) is 0 Å². The molecular formula is C36H69N5O6. The third-order valence-corrected chi connectivity index (χ3v) is 8.22. The minimum Gasteiger partial charge on any atom is -0.481 e. The van der Waals surface area contributed by atoms with Crippen molar-refractivity contribution in [3.05, 3.63) is 0 Å². The zero-order valence-electron chi connectivity index (χ0n) is 29.9. The third kappa shape index (κ3) is 31.7. The van der Waals surface area contributed by atoms with Gasteiger partial charge in [-0.25, -0.2) is 0 Å². The molecule has 0 spiro atoms. The maximum absolute atomic E-state index is 12.9. The second-order valence-electron chi connectivity index (χ2n) is 12.7. The molecule has 6 N–H and O–H groups in total. The van der Waals surface area contributed by atoms with Gasteiger partial charge in [-0.05, 0) is 38.6 Å². The molecule has 0 aliphatic heterocycles. The summed E-state index contributed by atoms with van der Waals surface area (Å²) in [6.07, 6.45) is 21.1. The van der Waals surface area contributed by atoms with Crippen LogP contribution in [0.25, 0.3) is 0 Å². The molecule has 4 amide bonds. The lowest BCUT2D eigenvalue weighted by Gasteiger charge is -2.18. The van der Waals surface area contributed by atoms with Crippen molar-refractivity contribution >= 4 is 29.6 Å². The Morgan fingerprint density at radius 1 is 0.447 bits per heavy atom. The third-order valence-electron chi connectivity index (χ3n) is 8.22. The first-order valence-corrected chi connectivity index (χ1v) is 18.8. The van der Waals surface area contributed by atoms with Crippen LogP contribution in [0.4, 0.5) is 0 Å². The minimum absolute atomic E-state index is 0.0573. The molecular weight excluding hydrogens is 598 g/mol. The van der Waals surface area contributed by atoms with E-state index in [1.165, 1.54) is 77.0 Å². The normalized spacial score (nSPS) is 11.5. The van der Waals surface area contributed by atoms with Gasteiger partial charge in [-0.2, -0.15) is 0 Å². The Kier molecular flexibility index (Phi) is 31.3. The van der Waals surface area contributed by atoms with Gasteiger partial charge in [0.05, 0.1) is 6.04 Å². The number of nitrogens with one attached hydrogen (secondary N) is 5. The minimum atomic E-state index is -0.863. The van der Waals surface area contributed by atoms with E-state index in [1.54, 1.807) is 0 Å². The number of carbonyl (C=O) groups is 5. The van der Waals surface area contributed by atoms with Crippen molar-refractivity contribution in [3.63, 3.8) is 0 Å². The van der Waals surface area contributed by atoms with Crippen LogP contribution in [0.15, 0.2) is 0 Å². The molecule has 1 unspecified atom stereocenters. The number of hydrogen-bond donors (Lipinski definition) is 6. The van der Waals surface area contributed by atoms with Gasteiger partial charge >= 0.3 is 5.97 Å². The first-order valence-electron chi connectivity index (χ1n) is 18.8. The molecule has 1 atom stereocenters. The Morgan fingerprint density at radius 3 is 1.34 bits per heavy atom. The van der Waals surface area contributed by atoms with E-state index >= 15 is 0 Å². The van der Waals surface area contributed by atoms with E-state index in [4.69, 9.17) is 5.11 Å². The lowest BCUT2D eigenvalue weighted by molar-refractivity contribution is -0.137. The predicted octanol–water partition coefficient (Wildman–Crippen LogP) is 5.51. The van der Waals surface area contributed by atoms with Crippen LogP contribution in [0, 0.1) is 0 Å². The van der Waals surface area contributed by atoms with E-state index in [1.807, 2.05) is 0 Å². The summed E-state index contributed by atoms with van der Waals surface area (Å²) >= 11 is 0. The highest BCUT2D eigenvalue weighted by molar-refractivity contribution is 5.84. The number of aliphatic carboxylic acids is 1. The van der Waals surface area contributed by atoms with Crippen LogP contribution >= 0.6 is 0 Å². The van der Waals surface area contributed by atoms with Gasteiger partial charge in [-0.1, -0.05) is 104 Å². The number of amides is 4. The average molecular weight is 668 g/mol. The van der Waals surface area contributed by atoms with Crippen LogP contribution in [0.3, 0.4) is 0 Å². The second kappa shape index (κ2) is 33.2. The molecule has 11 heteroatoms. The number of hydrogen-bond acceptors (Lipinski definition) is 6. The molecule has 0 radical (unpaired) electrons. The fraction of sp³-hybridized carbons (Fsp3) is 0.861. The largest absolute Gasteiger partial charge is 0.481 e. The summed E-state index contributed by atoms with van der Waals surface area (Å²) in [7, 11) is 0. The van der Waals surface area contributed by atoms with Gasteiger partial charge in [0.1, 0.15) is 0 Å². The summed E-state index contributed by atoms with van der Waals surface area (Å²) in [5.74, 6) is -1.60. The Morgan fingerprint density at radius 2 is 0.851 bits per heavy atom. The van der Waals surface area contributed by atoms with Gasteiger partial charge in [0.2, 0.25) is 23.6 Å².